The summed E-state index contributed by atoms with van der Waals surface area (Å²) >= 11 is 0. The fourth-order valence-electron chi connectivity index (χ4n) is 2.93. The first-order chi connectivity index (χ1) is 10.9. The van der Waals surface area contributed by atoms with Crippen LogP contribution in [-0.2, 0) is 6.54 Å². The lowest BCUT2D eigenvalue weighted by Crippen LogP contribution is -1.99. The van der Waals surface area contributed by atoms with Crippen molar-refractivity contribution in [1.29, 1.82) is 0 Å². The number of hydrogen-bond donors (Lipinski definition) is 0. The van der Waals surface area contributed by atoms with Gasteiger partial charge in [-0.05, 0) is 6.42 Å². The molecule has 120 valence electrons. The van der Waals surface area contributed by atoms with E-state index < -0.39 is 0 Å². The number of imidazole rings is 1. The molecule has 0 amide bonds. The number of benzene rings is 1. The SMILES string of the molecule is CCCCCCCCCCCn1ccnc1-c1ccccc1. The summed E-state index contributed by atoms with van der Waals surface area (Å²) < 4.78 is 2.29. The van der Waals surface area contributed by atoms with Crippen LogP contribution in [0.2, 0.25) is 0 Å². The molecule has 0 spiro atoms. The van der Waals surface area contributed by atoms with Crippen LogP contribution < -0.4 is 0 Å². The molecule has 0 radical (unpaired) electrons. The van der Waals surface area contributed by atoms with E-state index in [-0.39, 0.29) is 0 Å². The van der Waals surface area contributed by atoms with Crippen molar-refractivity contribution < 1.29 is 0 Å². The maximum Gasteiger partial charge on any atom is 0.139 e. The molecule has 0 unspecified atom stereocenters. The molecular weight excluding hydrogens is 268 g/mol. The second-order valence-electron chi connectivity index (χ2n) is 6.14. The molecule has 1 heterocycles. The number of unbranched alkanes of at least 4 members (excludes halogenated alkanes) is 8. The second-order valence-corrected chi connectivity index (χ2v) is 6.14. The topological polar surface area (TPSA) is 17.8 Å². The van der Waals surface area contributed by atoms with Crippen LogP contribution in [0.5, 0.6) is 0 Å². The Morgan fingerprint density at radius 3 is 2.14 bits per heavy atom. The summed E-state index contributed by atoms with van der Waals surface area (Å²) in [6.45, 7) is 3.36. The van der Waals surface area contributed by atoms with Crippen molar-refractivity contribution in [2.75, 3.05) is 0 Å². The number of hydrogen-bond acceptors (Lipinski definition) is 1. The summed E-state index contributed by atoms with van der Waals surface area (Å²) in [5.41, 5.74) is 1.21. The van der Waals surface area contributed by atoms with Gasteiger partial charge in [0.15, 0.2) is 0 Å². The molecule has 1 aromatic carbocycles. The fourth-order valence-corrected chi connectivity index (χ4v) is 2.93. The minimum atomic E-state index is 1.08. The van der Waals surface area contributed by atoms with E-state index in [1.807, 2.05) is 6.20 Å². The molecule has 0 aliphatic rings. The Hall–Kier alpha value is -1.57. The fraction of sp³-hybridized carbons (Fsp3) is 0.550. The van der Waals surface area contributed by atoms with Crippen molar-refractivity contribution in [3.05, 3.63) is 42.7 Å². The van der Waals surface area contributed by atoms with Crippen LogP contribution in [0.1, 0.15) is 64.7 Å². The molecule has 0 N–H and O–H groups in total. The molecule has 2 heteroatoms. The molecular formula is C20H30N2. The quantitative estimate of drug-likeness (QED) is 0.460. The molecule has 22 heavy (non-hydrogen) atoms. The Labute approximate surface area is 135 Å². The molecule has 0 saturated carbocycles. The molecule has 0 atom stereocenters. The van der Waals surface area contributed by atoms with E-state index in [4.69, 9.17) is 0 Å². The standard InChI is InChI=1S/C20H30N2/c1-2-3-4-5-6-7-8-9-13-17-22-18-16-21-20(22)19-14-11-10-12-15-19/h10-12,14-16,18H,2-9,13,17H2,1H3. The van der Waals surface area contributed by atoms with Crippen LogP contribution in [-0.4, -0.2) is 9.55 Å². The van der Waals surface area contributed by atoms with E-state index in [2.05, 4.69) is 53.0 Å². The van der Waals surface area contributed by atoms with Gasteiger partial charge >= 0.3 is 0 Å². The lowest BCUT2D eigenvalue weighted by Gasteiger charge is -2.08. The minimum absolute atomic E-state index is 1.08. The highest BCUT2D eigenvalue weighted by Crippen LogP contribution is 2.18. The second kappa shape index (κ2) is 10.2. The summed E-state index contributed by atoms with van der Waals surface area (Å²) in [4.78, 5) is 4.51. The number of aromatic nitrogens is 2. The van der Waals surface area contributed by atoms with Crippen molar-refractivity contribution in [2.45, 2.75) is 71.3 Å². The monoisotopic (exact) mass is 298 g/mol. The van der Waals surface area contributed by atoms with Gasteiger partial charge in [0, 0.05) is 24.5 Å². The van der Waals surface area contributed by atoms with Crippen LogP contribution in [0.3, 0.4) is 0 Å². The predicted octanol–water partition coefficient (Wildman–Crippen LogP) is 6.08. The highest BCUT2D eigenvalue weighted by Gasteiger charge is 2.04. The Balaban J connectivity index is 1.63. The first-order valence-electron chi connectivity index (χ1n) is 8.98. The van der Waals surface area contributed by atoms with Gasteiger partial charge in [-0.1, -0.05) is 88.6 Å². The minimum Gasteiger partial charge on any atom is -0.331 e. The zero-order valence-corrected chi connectivity index (χ0v) is 14.0. The molecule has 0 saturated heterocycles. The van der Waals surface area contributed by atoms with Gasteiger partial charge in [0.2, 0.25) is 0 Å². The van der Waals surface area contributed by atoms with Crippen LogP contribution in [0.25, 0.3) is 11.4 Å². The maximum atomic E-state index is 4.51. The summed E-state index contributed by atoms with van der Waals surface area (Å²) in [7, 11) is 0. The Morgan fingerprint density at radius 1 is 0.818 bits per heavy atom. The summed E-state index contributed by atoms with van der Waals surface area (Å²) in [6, 6.07) is 10.5. The van der Waals surface area contributed by atoms with Gasteiger partial charge in [0.05, 0.1) is 0 Å². The normalized spacial score (nSPS) is 11.0. The van der Waals surface area contributed by atoms with Gasteiger partial charge < -0.3 is 4.57 Å². The van der Waals surface area contributed by atoms with Crippen molar-refractivity contribution >= 4 is 0 Å². The average molecular weight is 298 g/mol. The Bertz CT molecular complexity index is 501. The van der Waals surface area contributed by atoms with Crippen LogP contribution in [0.4, 0.5) is 0 Å². The lowest BCUT2D eigenvalue weighted by molar-refractivity contribution is 0.540. The van der Waals surface area contributed by atoms with Gasteiger partial charge in [-0.3, -0.25) is 0 Å². The summed E-state index contributed by atoms with van der Waals surface area (Å²) in [5, 5.41) is 0. The zero-order chi connectivity index (χ0) is 15.5. The van der Waals surface area contributed by atoms with Crippen LogP contribution in [0.15, 0.2) is 42.7 Å². The number of rotatable bonds is 11. The van der Waals surface area contributed by atoms with Gasteiger partial charge in [-0.2, -0.15) is 0 Å². The summed E-state index contributed by atoms with van der Waals surface area (Å²) in [6.07, 6.45) is 16.4. The van der Waals surface area contributed by atoms with E-state index in [0.717, 1.165) is 12.4 Å². The predicted molar refractivity (Wildman–Crippen MR) is 94.9 cm³/mol. The van der Waals surface area contributed by atoms with Gasteiger partial charge in [0.1, 0.15) is 5.82 Å². The van der Waals surface area contributed by atoms with Crippen molar-refractivity contribution in [3.8, 4) is 11.4 Å². The molecule has 2 aromatic rings. The van der Waals surface area contributed by atoms with Crippen LogP contribution >= 0.6 is 0 Å². The van der Waals surface area contributed by atoms with E-state index in [1.165, 1.54) is 63.4 Å². The molecule has 0 aliphatic heterocycles. The molecule has 2 nitrogen and oxygen atoms in total. The van der Waals surface area contributed by atoms with E-state index in [9.17, 15) is 0 Å². The van der Waals surface area contributed by atoms with E-state index >= 15 is 0 Å². The molecule has 0 bridgehead atoms. The third-order valence-electron chi connectivity index (χ3n) is 4.25. The van der Waals surface area contributed by atoms with Crippen molar-refractivity contribution in [2.24, 2.45) is 0 Å². The van der Waals surface area contributed by atoms with Crippen molar-refractivity contribution in [1.82, 2.24) is 9.55 Å². The highest BCUT2D eigenvalue weighted by molar-refractivity contribution is 5.54. The third-order valence-corrected chi connectivity index (χ3v) is 4.25. The number of aryl methyl sites for hydroxylation is 1. The Morgan fingerprint density at radius 2 is 1.45 bits per heavy atom. The molecule has 0 aliphatic carbocycles. The van der Waals surface area contributed by atoms with E-state index in [1.54, 1.807) is 0 Å². The zero-order valence-electron chi connectivity index (χ0n) is 14.0. The largest absolute Gasteiger partial charge is 0.331 e. The first-order valence-corrected chi connectivity index (χ1v) is 8.98. The number of nitrogens with zero attached hydrogens (tertiary/aromatic N) is 2. The third kappa shape index (κ3) is 5.67. The van der Waals surface area contributed by atoms with Gasteiger partial charge in [0.25, 0.3) is 0 Å². The highest BCUT2D eigenvalue weighted by atomic mass is 15.1. The van der Waals surface area contributed by atoms with Crippen LogP contribution in [0, 0.1) is 0 Å². The first kappa shape index (κ1) is 16.8. The molecule has 0 fully saturated rings. The maximum absolute atomic E-state index is 4.51. The molecule has 2 rings (SSSR count). The average Bonchev–Trinajstić information content (AvgIpc) is 3.02. The molecule has 1 aromatic heterocycles. The van der Waals surface area contributed by atoms with Crippen molar-refractivity contribution in [3.63, 3.8) is 0 Å². The van der Waals surface area contributed by atoms with Gasteiger partial charge in [-0.25, -0.2) is 4.98 Å². The van der Waals surface area contributed by atoms with Gasteiger partial charge in [-0.15, -0.1) is 0 Å². The smallest absolute Gasteiger partial charge is 0.139 e. The lowest BCUT2D eigenvalue weighted by atomic mass is 10.1. The Kier molecular flexibility index (Phi) is 7.79. The van der Waals surface area contributed by atoms with E-state index in [0.29, 0.717) is 0 Å². The summed E-state index contributed by atoms with van der Waals surface area (Å²) in [5.74, 6) is 1.10.